The van der Waals surface area contributed by atoms with Gasteiger partial charge in [0.2, 0.25) is 0 Å². The van der Waals surface area contributed by atoms with Gasteiger partial charge in [-0.05, 0) is 26.8 Å². The van der Waals surface area contributed by atoms with E-state index in [-0.39, 0.29) is 0 Å². The van der Waals surface area contributed by atoms with Crippen LogP contribution in [0.1, 0.15) is 33.6 Å². The number of ether oxygens (including phenoxy) is 1. The summed E-state index contributed by atoms with van der Waals surface area (Å²) in [6.07, 6.45) is 2.39. The van der Waals surface area contributed by atoms with Crippen LogP contribution in [0.4, 0.5) is 0 Å². The van der Waals surface area contributed by atoms with Crippen LogP contribution in [0, 0.1) is 0 Å². The highest BCUT2D eigenvalue weighted by atomic mass is 16.5. The molecule has 3 nitrogen and oxygen atoms in total. The summed E-state index contributed by atoms with van der Waals surface area (Å²) in [7, 11) is 3.79. The monoisotopic (exact) mass is 216 g/mol. The molecule has 92 valence electrons. The fourth-order valence-corrected chi connectivity index (χ4v) is 1.93. The molecule has 2 unspecified atom stereocenters. The average molecular weight is 216 g/mol. The number of hydrogen-bond acceptors (Lipinski definition) is 3. The van der Waals surface area contributed by atoms with Gasteiger partial charge in [0.1, 0.15) is 0 Å². The predicted octanol–water partition coefficient (Wildman–Crippen LogP) is 1.73. The predicted molar refractivity (Wildman–Crippen MR) is 66.3 cm³/mol. The van der Waals surface area contributed by atoms with Crippen LogP contribution in [-0.2, 0) is 4.74 Å². The highest BCUT2D eigenvalue weighted by Gasteiger charge is 2.19. The normalized spacial score (nSPS) is 15.6. The molecule has 15 heavy (non-hydrogen) atoms. The van der Waals surface area contributed by atoms with E-state index in [2.05, 4.69) is 31.0 Å². The van der Waals surface area contributed by atoms with Gasteiger partial charge >= 0.3 is 0 Å². The maximum atomic E-state index is 5.18. The summed E-state index contributed by atoms with van der Waals surface area (Å²) in [5.74, 6) is 0. The number of nitrogens with one attached hydrogen (secondary N) is 1. The quantitative estimate of drug-likeness (QED) is 0.635. The van der Waals surface area contributed by atoms with Crippen molar-refractivity contribution >= 4 is 0 Å². The van der Waals surface area contributed by atoms with E-state index in [1.807, 2.05) is 7.05 Å². The molecule has 0 saturated carbocycles. The minimum absolute atomic E-state index is 0.625. The molecule has 1 N–H and O–H groups in total. The second kappa shape index (κ2) is 9.13. The van der Waals surface area contributed by atoms with E-state index in [4.69, 9.17) is 4.74 Å². The van der Waals surface area contributed by atoms with Crippen molar-refractivity contribution in [2.75, 3.05) is 33.9 Å². The fourth-order valence-electron chi connectivity index (χ4n) is 1.93. The van der Waals surface area contributed by atoms with Crippen molar-refractivity contribution < 1.29 is 4.74 Å². The first kappa shape index (κ1) is 14.9. The lowest BCUT2D eigenvalue weighted by atomic mass is 10.1. The van der Waals surface area contributed by atoms with Crippen LogP contribution in [0.5, 0.6) is 0 Å². The molecule has 0 spiro atoms. The van der Waals surface area contributed by atoms with Crippen LogP contribution in [0.2, 0.25) is 0 Å². The van der Waals surface area contributed by atoms with Gasteiger partial charge < -0.3 is 10.1 Å². The lowest BCUT2D eigenvalue weighted by molar-refractivity contribution is 0.0860. The van der Waals surface area contributed by atoms with Crippen LogP contribution < -0.4 is 5.32 Å². The zero-order valence-electron chi connectivity index (χ0n) is 11.0. The van der Waals surface area contributed by atoms with Gasteiger partial charge in [-0.2, -0.15) is 0 Å². The zero-order valence-corrected chi connectivity index (χ0v) is 11.0. The second-order valence-corrected chi connectivity index (χ2v) is 4.11. The highest BCUT2D eigenvalue weighted by Crippen LogP contribution is 2.11. The SMILES string of the molecule is CCC(C)N(CCOC)C(CC)CNC. The lowest BCUT2D eigenvalue weighted by Crippen LogP contribution is -2.47. The van der Waals surface area contributed by atoms with Crippen molar-refractivity contribution in [3.8, 4) is 0 Å². The van der Waals surface area contributed by atoms with E-state index in [0.29, 0.717) is 12.1 Å². The Hall–Kier alpha value is -0.120. The molecule has 0 fully saturated rings. The molecule has 0 radical (unpaired) electrons. The number of nitrogens with zero attached hydrogens (tertiary/aromatic N) is 1. The molecule has 0 aromatic heterocycles. The standard InChI is InChI=1S/C12H28N2O/c1-6-11(3)14(8-9-15-5)12(7-2)10-13-4/h11-13H,6-10H2,1-5H3. The van der Waals surface area contributed by atoms with Gasteiger partial charge in [0, 0.05) is 32.3 Å². The van der Waals surface area contributed by atoms with E-state index in [9.17, 15) is 0 Å². The minimum Gasteiger partial charge on any atom is -0.383 e. The van der Waals surface area contributed by atoms with Crippen LogP contribution in [0.15, 0.2) is 0 Å². The molecular weight excluding hydrogens is 188 g/mol. The summed E-state index contributed by atoms with van der Waals surface area (Å²) in [5.41, 5.74) is 0. The maximum absolute atomic E-state index is 5.18. The Kier molecular flexibility index (Phi) is 9.06. The largest absolute Gasteiger partial charge is 0.383 e. The van der Waals surface area contributed by atoms with E-state index in [1.165, 1.54) is 12.8 Å². The number of hydrogen-bond donors (Lipinski definition) is 1. The molecule has 3 heteroatoms. The summed E-state index contributed by atoms with van der Waals surface area (Å²) < 4.78 is 5.18. The van der Waals surface area contributed by atoms with Crippen molar-refractivity contribution in [3.05, 3.63) is 0 Å². The van der Waals surface area contributed by atoms with Gasteiger partial charge in [-0.3, -0.25) is 4.90 Å². The van der Waals surface area contributed by atoms with Gasteiger partial charge in [-0.25, -0.2) is 0 Å². The van der Waals surface area contributed by atoms with E-state index >= 15 is 0 Å². The molecule has 0 saturated heterocycles. The Morgan fingerprint density at radius 1 is 1.27 bits per heavy atom. The number of rotatable bonds is 9. The Bertz CT molecular complexity index is 142. The third kappa shape index (κ3) is 5.50. The third-order valence-electron chi connectivity index (χ3n) is 3.09. The van der Waals surface area contributed by atoms with Crippen molar-refractivity contribution in [1.29, 1.82) is 0 Å². The Labute approximate surface area is 95.2 Å². The fraction of sp³-hybridized carbons (Fsp3) is 1.00. The van der Waals surface area contributed by atoms with Crippen molar-refractivity contribution in [3.63, 3.8) is 0 Å². The Morgan fingerprint density at radius 3 is 2.33 bits per heavy atom. The number of methoxy groups -OCH3 is 1. The molecule has 0 heterocycles. The molecule has 0 aromatic carbocycles. The minimum atomic E-state index is 0.625. The Balaban J connectivity index is 4.28. The number of likely N-dealkylation sites (N-methyl/N-ethyl adjacent to an activating group) is 1. The summed E-state index contributed by atoms with van der Waals surface area (Å²) >= 11 is 0. The zero-order chi connectivity index (χ0) is 11.7. The maximum Gasteiger partial charge on any atom is 0.0589 e. The van der Waals surface area contributed by atoms with Crippen LogP contribution in [-0.4, -0.2) is 50.8 Å². The summed E-state index contributed by atoms with van der Waals surface area (Å²) in [5, 5.41) is 3.27. The topological polar surface area (TPSA) is 24.5 Å². The third-order valence-corrected chi connectivity index (χ3v) is 3.09. The highest BCUT2D eigenvalue weighted by molar-refractivity contribution is 4.76. The van der Waals surface area contributed by atoms with Gasteiger partial charge in [-0.15, -0.1) is 0 Å². The van der Waals surface area contributed by atoms with Crippen LogP contribution >= 0.6 is 0 Å². The summed E-state index contributed by atoms with van der Waals surface area (Å²) in [6.45, 7) is 9.72. The van der Waals surface area contributed by atoms with Gasteiger partial charge in [0.25, 0.3) is 0 Å². The molecule has 0 aliphatic carbocycles. The molecule has 0 aliphatic heterocycles. The van der Waals surface area contributed by atoms with E-state index in [0.717, 1.165) is 19.7 Å². The van der Waals surface area contributed by atoms with Gasteiger partial charge in [-0.1, -0.05) is 13.8 Å². The van der Waals surface area contributed by atoms with Gasteiger partial charge in [0.15, 0.2) is 0 Å². The van der Waals surface area contributed by atoms with E-state index in [1.54, 1.807) is 7.11 Å². The lowest BCUT2D eigenvalue weighted by Gasteiger charge is -2.35. The second-order valence-electron chi connectivity index (χ2n) is 4.11. The first-order chi connectivity index (χ1) is 7.21. The average Bonchev–Trinajstić information content (AvgIpc) is 2.27. The van der Waals surface area contributed by atoms with Crippen molar-refractivity contribution in [2.45, 2.75) is 45.7 Å². The molecule has 0 amide bonds. The van der Waals surface area contributed by atoms with Crippen molar-refractivity contribution in [1.82, 2.24) is 10.2 Å². The first-order valence-corrected chi connectivity index (χ1v) is 6.10. The molecule has 0 aromatic rings. The molecule has 0 rings (SSSR count). The van der Waals surface area contributed by atoms with Crippen LogP contribution in [0.25, 0.3) is 0 Å². The van der Waals surface area contributed by atoms with Crippen LogP contribution in [0.3, 0.4) is 0 Å². The molecule has 0 bridgehead atoms. The smallest absolute Gasteiger partial charge is 0.0589 e. The van der Waals surface area contributed by atoms with Gasteiger partial charge in [0.05, 0.1) is 6.61 Å². The van der Waals surface area contributed by atoms with Crippen molar-refractivity contribution in [2.24, 2.45) is 0 Å². The summed E-state index contributed by atoms with van der Waals surface area (Å²) in [6, 6.07) is 1.26. The summed E-state index contributed by atoms with van der Waals surface area (Å²) in [4.78, 5) is 2.56. The molecule has 2 atom stereocenters. The molecular formula is C12H28N2O. The Morgan fingerprint density at radius 2 is 1.93 bits per heavy atom. The molecule has 0 aliphatic rings. The first-order valence-electron chi connectivity index (χ1n) is 6.10. The van der Waals surface area contributed by atoms with E-state index < -0.39 is 0 Å².